The molecule has 0 amide bonds. The van der Waals surface area contributed by atoms with Crippen molar-refractivity contribution in [2.75, 3.05) is 33.9 Å². The van der Waals surface area contributed by atoms with E-state index in [0.717, 1.165) is 40.9 Å². The molecule has 9 heteroatoms. The van der Waals surface area contributed by atoms with E-state index < -0.39 is 0 Å². The number of nitrogens with zero attached hydrogens (tertiary/aromatic N) is 1. The van der Waals surface area contributed by atoms with Crippen LogP contribution in [0.4, 0.5) is 0 Å². The van der Waals surface area contributed by atoms with Crippen LogP contribution in [0.2, 0.25) is 10.0 Å². The van der Waals surface area contributed by atoms with Crippen molar-refractivity contribution in [3.63, 3.8) is 0 Å². The SMILES string of the molecule is COc1cc(OCc2cccc(-c3cccc(OCC4CCCN(C)C4)c3Cl)c2C)c(Cl)cc1CNC1CC(C)OC1=O. The first-order valence-electron chi connectivity index (χ1n) is 14.8. The monoisotopic (exact) mass is 626 g/mol. The van der Waals surface area contributed by atoms with Gasteiger partial charge in [0.25, 0.3) is 0 Å². The molecule has 0 spiro atoms. The van der Waals surface area contributed by atoms with Crippen LogP contribution < -0.4 is 19.5 Å². The number of piperidine rings is 1. The average Bonchev–Trinajstić information content (AvgIpc) is 3.32. The summed E-state index contributed by atoms with van der Waals surface area (Å²) in [4.78, 5) is 14.4. The van der Waals surface area contributed by atoms with Crippen LogP contribution in [0.1, 0.15) is 42.9 Å². The number of esters is 1. The van der Waals surface area contributed by atoms with Crippen molar-refractivity contribution < 1.29 is 23.7 Å². The Morgan fingerprint density at radius 1 is 1.02 bits per heavy atom. The minimum absolute atomic E-state index is 0.0877. The second-order valence-corrected chi connectivity index (χ2v) is 12.4. The molecule has 0 aliphatic carbocycles. The Kier molecular flexibility index (Phi) is 10.4. The highest BCUT2D eigenvalue weighted by molar-refractivity contribution is 6.35. The zero-order valence-electron chi connectivity index (χ0n) is 25.3. The predicted molar refractivity (Wildman–Crippen MR) is 170 cm³/mol. The largest absolute Gasteiger partial charge is 0.496 e. The fourth-order valence-electron chi connectivity index (χ4n) is 5.91. The van der Waals surface area contributed by atoms with E-state index >= 15 is 0 Å². The summed E-state index contributed by atoms with van der Waals surface area (Å²) in [6.07, 6.45) is 2.92. The van der Waals surface area contributed by atoms with Crippen LogP contribution in [0.25, 0.3) is 11.1 Å². The number of benzene rings is 3. The molecule has 3 aromatic carbocycles. The van der Waals surface area contributed by atoms with Crippen molar-refractivity contribution in [3.8, 4) is 28.4 Å². The number of carbonyl (C=O) groups is 1. The van der Waals surface area contributed by atoms with Gasteiger partial charge in [0.15, 0.2) is 0 Å². The van der Waals surface area contributed by atoms with Gasteiger partial charge in [-0.3, -0.25) is 4.79 Å². The lowest BCUT2D eigenvalue weighted by Gasteiger charge is -2.29. The molecule has 2 fully saturated rings. The minimum Gasteiger partial charge on any atom is -0.496 e. The second kappa shape index (κ2) is 14.2. The number of methoxy groups -OCH3 is 1. The third-order valence-corrected chi connectivity index (χ3v) is 9.01. The van der Waals surface area contributed by atoms with E-state index in [9.17, 15) is 4.79 Å². The molecule has 0 bridgehead atoms. The van der Waals surface area contributed by atoms with Crippen molar-refractivity contribution in [2.45, 2.75) is 58.4 Å². The molecule has 2 aliphatic rings. The smallest absolute Gasteiger partial charge is 0.323 e. The van der Waals surface area contributed by atoms with Crippen molar-refractivity contribution in [3.05, 3.63) is 75.3 Å². The summed E-state index contributed by atoms with van der Waals surface area (Å²) in [6.45, 7) is 7.54. The van der Waals surface area contributed by atoms with E-state index in [1.54, 1.807) is 13.2 Å². The van der Waals surface area contributed by atoms with E-state index in [0.29, 0.717) is 59.4 Å². The van der Waals surface area contributed by atoms with Gasteiger partial charge >= 0.3 is 5.97 Å². The fourth-order valence-corrected chi connectivity index (χ4v) is 6.43. The molecule has 3 atom stereocenters. The number of cyclic esters (lactones) is 1. The maximum Gasteiger partial charge on any atom is 0.323 e. The molecule has 2 saturated heterocycles. The molecule has 1 N–H and O–H groups in total. The summed E-state index contributed by atoms with van der Waals surface area (Å²) < 4.78 is 23.3. The van der Waals surface area contributed by atoms with Crippen LogP contribution in [-0.4, -0.2) is 56.9 Å². The predicted octanol–water partition coefficient (Wildman–Crippen LogP) is 7.07. The van der Waals surface area contributed by atoms with Gasteiger partial charge in [-0.2, -0.15) is 0 Å². The number of rotatable bonds is 11. The van der Waals surface area contributed by atoms with Crippen LogP contribution >= 0.6 is 23.2 Å². The van der Waals surface area contributed by atoms with Crippen molar-refractivity contribution >= 4 is 29.2 Å². The summed E-state index contributed by atoms with van der Waals surface area (Å²) in [5.74, 6) is 2.12. The third kappa shape index (κ3) is 7.58. The first-order chi connectivity index (χ1) is 20.7. The molecule has 0 radical (unpaired) electrons. The number of hydrogen-bond acceptors (Lipinski definition) is 7. The topological polar surface area (TPSA) is 69.3 Å². The summed E-state index contributed by atoms with van der Waals surface area (Å²) in [5.41, 5.74) is 4.87. The van der Waals surface area contributed by atoms with E-state index in [-0.39, 0.29) is 18.1 Å². The fraction of sp³-hybridized carbons (Fsp3) is 0.441. The highest BCUT2D eigenvalue weighted by Gasteiger charge is 2.31. The Hall–Kier alpha value is -2.97. The van der Waals surface area contributed by atoms with Gasteiger partial charge in [-0.15, -0.1) is 0 Å². The van der Waals surface area contributed by atoms with Crippen molar-refractivity contribution in [2.24, 2.45) is 5.92 Å². The van der Waals surface area contributed by atoms with Gasteiger partial charge in [0.05, 0.1) is 23.8 Å². The molecule has 0 saturated carbocycles. The van der Waals surface area contributed by atoms with Gasteiger partial charge in [0, 0.05) is 42.6 Å². The number of ether oxygens (including phenoxy) is 4. The van der Waals surface area contributed by atoms with E-state index in [1.807, 2.05) is 43.3 Å². The standard InChI is InChI=1S/C34H40Cl2N2O5/c1-21-14-29(34(39)43-21)37-17-25-15-28(35)32(16-31(25)40-4)42-20-24-9-5-10-26(22(24)2)27-11-6-12-30(33(27)36)41-19-23-8-7-13-38(3)18-23/h5-6,9-12,15-16,21,23,29,37H,7-8,13-14,17-20H2,1-4H3. The normalized spacial score (nSPS) is 20.6. The molecule has 5 rings (SSSR count). The van der Waals surface area contributed by atoms with Gasteiger partial charge < -0.3 is 29.2 Å². The summed E-state index contributed by atoms with van der Waals surface area (Å²) in [6, 6.07) is 15.3. The van der Waals surface area contributed by atoms with Crippen LogP contribution in [0, 0.1) is 12.8 Å². The van der Waals surface area contributed by atoms with Gasteiger partial charge in [0.1, 0.15) is 36.0 Å². The average molecular weight is 628 g/mol. The van der Waals surface area contributed by atoms with Gasteiger partial charge in [0.2, 0.25) is 0 Å². The van der Waals surface area contributed by atoms with Crippen LogP contribution in [-0.2, 0) is 22.7 Å². The van der Waals surface area contributed by atoms with E-state index in [4.69, 9.17) is 42.1 Å². The highest BCUT2D eigenvalue weighted by Crippen LogP contribution is 2.39. The maximum atomic E-state index is 12.0. The van der Waals surface area contributed by atoms with Gasteiger partial charge in [-0.05, 0) is 69.1 Å². The van der Waals surface area contributed by atoms with Crippen molar-refractivity contribution in [1.29, 1.82) is 0 Å². The Balaban J connectivity index is 1.27. The van der Waals surface area contributed by atoms with Crippen LogP contribution in [0.3, 0.4) is 0 Å². The zero-order chi connectivity index (χ0) is 30.5. The Labute approximate surface area is 264 Å². The molecular formula is C34H40Cl2N2O5. The number of nitrogens with one attached hydrogen (secondary N) is 1. The first kappa shape index (κ1) is 31.5. The molecule has 3 unspecified atom stereocenters. The summed E-state index contributed by atoms with van der Waals surface area (Å²) >= 11 is 13.5. The lowest BCUT2D eigenvalue weighted by atomic mass is 9.96. The number of halogens is 2. The molecule has 0 aromatic heterocycles. The first-order valence-corrected chi connectivity index (χ1v) is 15.6. The molecule has 43 heavy (non-hydrogen) atoms. The molecular weight excluding hydrogens is 587 g/mol. The second-order valence-electron chi connectivity index (χ2n) is 11.6. The van der Waals surface area contributed by atoms with Crippen LogP contribution in [0.5, 0.6) is 17.2 Å². The van der Waals surface area contributed by atoms with Gasteiger partial charge in [-0.1, -0.05) is 53.5 Å². The molecule has 230 valence electrons. The minimum atomic E-state index is -0.343. The lowest BCUT2D eigenvalue weighted by Crippen LogP contribution is -2.34. The Morgan fingerprint density at radius 3 is 2.56 bits per heavy atom. The number of hydrogen-bond donors (Lipinski definition) is 1. The lowest BCUT2D eigenvalue weighted by molar-refractivity contribution is -0.142. The van der Waals surface area contributed by atoms with Crippen molar-refractivity contribution in [1.82, 2.24) is 10.2 Å². The molecule has 2 aliphatic heterocycles. The summed E-state index contributed by atoms with van der Waals surface area (Å²) in [7, 11) is 3.76. The van der Waals surface area contributed by atoms with E-state index in [1.165, 1.54) is 12.8 Å². The van der Waals surface area contributed by atoms with Crippen LogP contribution in [0.15, 0.2) is 48.5 Å². The third-order valence-electron chi connectivity index (χ3n) is 8.32. The number of carbonyl (C=O) groups excluding carboxylic acids is 1. The Morgan fingerprint density at radius 2 is 1.81 bits per heavy atom. The summed E-state index contributed by atoms with van der Waals surface area (Å²) in [5, 5.41) is 4.33. The molecule has 2 heterocycles. The van der Waals surface area contributed by atoms with Gasteiger partial charge in [-0.25, -0.2) is 0 Å². The maximum absolute atomic E-state index is 12.0. The quantitative estimate of drug-likeness (QED) is 0.228. The zero-order valence-corrected chi connectivity index (χ0v) is 26.8. The Bertz CT molecular complexity index is 1450. The molecule has 3 aromatic rings. The van der Waals surface area contributed by atoms with E-state index in [2.05, 4.69) is 30.3 Å². The number of likely N-dealkylation sites (tertiary alicyclic amines) is 1. The molecule has 7 nitrogen and oxygen atoms in total. The highest BCUT2D eigenvalue weighted by atomic mass is 35.5.